The van der Waals surface area contributed by atoms with Crippen molar-refractivity contribution < 1.29 is 14.2 Å². The lowest BCUT2D eigenvalue weighted by molar-refractivity contribution is -0.0170. The maximum absolute atomic E-state index is 5.53. The highest BCUT2D eigenvalue weighted by atomic mass is 16.7. The summed E-state index contributed by atoms with van der Waals surface area (Å²) in [5.41, 5.74) is 2.38. The number of methoxy groups -OCH3 is 1. The van der Waals surface area contributed by atoms with Crippen molar-refractivity contribution in [2.75, 3.05) is 20.4 Å². The summed E-state index contributed by atoms with van der Waals surface area (Å²) in [5.74, 6) is 1.88. The van der Waals surface area contributed by atoms with Crippen LogP contribution in [-0.2, 0) is 17.8 Å². The summed E-state index contributed by atoms with van der Waals surface area (Å²) < 4.78 is 16.4. The third-order valence-electron chi connectivity index (χ3n) is 3.72. The van der Waals surface area contributed by atoms with Crippen molar-refractivity contribution in [1.29, 1.82) is 0 Å². The molecule has 2 heterocycles. The van der Waals surface area contributed by atoms with Gasteiger partial charge in [0.05, 0.1) is 13.7 Å². The number of fused-ring (bicyclic) bond motifs is 1. The van der Waals surface area contributed by atoms with Crippen LogP contribution in [0.25, 0.3) is 0 Å². The van der Waals surface area contributed by atoms with E-state index in [9.17, 15) is 0 Å². The second kappa shape index (κ2) is 5.16. The van der Waals surface area contributed by atoms with Crippen LogP contribution in [0.3, 0.4) is 0 Å². The fourth-order valence-electron chi connectivity index (χ4n) is 2.78. The van der Waals surface area contributed by atoms with Gasteiger partial charge < -0.3 is 19.5 Å². The third-order valence-corrected chi connectivity index (χ3v) is 3.72. The molecule has 1 atom stereocenters. The molecule has 0 saturated carbocycles. The highest BCUT2D eigenvalue weighted by Gasteiger charge is 2.23. The van der Waals surface area contributed by atoms with Crippen molar-refractivity contribution in [2.24, 2.45) is 0 Å². The lowest BCUT2D eigenvalue weighted by Gasteiger charge is -2.23. The predicted octanol–water partition coefficient (Wildman–Crippen LogP) is 1.86. The van der Waals surface area contributed by atoms with Gasteiger partial charge in [0.1, 0.15) is 11.5 Å². The lowest BCUT2D eigenvalue weighted by atomic mass is 9.97. The van der Waals surface area contributed by atoms with E-state index in [4.69, 9.17) is 14.2 Å². The molecule has 4 heteroatoms. The smallest absolute Gasteiger partial charge is 0.189 e. The Bertz CT molecular complexity index is 427. The Labute approximate surface area is 107 Å². The molecule has 0 bridgehead atoms. The average molecular weight is 249 g/mol. The second-order valence-electron chi connectivity index (χ2n) is 4.83. The maximum Gasteiger partial charge on any atom is 0.189 e. The monoisotopic (exact) mass is 249 g/mol. The van der Waals surface area contributed by atoms with Gasteiger partial charge in [0.2, 0.25) is 0 Å². The Hall–Kier alpha value is -1.26. The molecule has 0 aliphatic carbocycles. The number of rotatable bonds is 3. The Kier molecular flexibility index (Phi) is 3.39. The van der Waals surface area contributed by atoms with Gasteiger partial charge in [-0.1, -0.05) is 0 Å². The van der Waals surface area contributed by atoms with E-state index >= 15 is 0 Å². The van der Waals surface area contributed by atoms with Crippen molar-refractivity contribution in [3.63, 3.8) is 0 Å². The van der Waals surface area contributed by atoms with Crippen LogP contribution in [0, 0.1) is 0 Å². The van der Waals surface area contributed by atoms with E-state index in [1.54, 1.807) is 7.11 Å². The molecular formula is C14H19NO3. The van der Waals surface area contributed by atoms with Crippen molar-refractivity contribution in [1.82, 2.24) is 5.32 Å². The van der Waals surface area contributed by atoms with Crippen molar-refractivity contribution >= 4 is 0 Å². The summed E-state index contributed by atoms with van der Waals surface area (Å²) in [5, 5.41) is 3.53. The molecule has 2 aliphatic rings. The molecule has 1 aromatic carbocycles. The van der Waals surface area contributed by atoms with E-state index in [1.807, 2.05) is 12.1 Å². The molecule has 1 saturated heterocycles. The molecule has 4 nitrogen and oxygen atoms in total. The largest absolute Gasteiger partial charge is 0.496 e. The standard InChI is InChI=1S/C14H19NO3/c1-16-13-4-5-14-12(8-17-9-18-14)11(13)7-10-3-2-6-15-10/h4-5,10,15H,2-3,6-9H2,1H3. The second-order valence-corrected chi connectivity index (χ2v) is 4.83. The predicted molar refractivity (Wildman–Crippen MR) is 68.0 cm³/mol. The topological polar surface area (TPSA) is 39.7 Å². The highest BCUT2D eigenvalue weighted by Crippen LogP contribution is 2.34. The number of ether oxygens (including phenoxy) is 3. The van der Waals surface area contributed by atoms with Gasteiger partial charge >= 0.3 is 0 Å². The molecule has 1 unspecified atom stereocenters. The van der Waals surface area contributed by atoms with Gasteiger partial charge in [-0.2, -0.15) is 0 Å². The first-order valence-electron chi connectivity index (χ1n) is 6.51. The molecule has 18 heavy (non-hydrogen) atoms. The first kappa shape index (κ1) is 11.8. The summed E-state index contributed by atoms with van der Waals surface area (Å²) in [6.45, 7) is 2.09. The molecule has 2 aliphatic heterocycles. The Morgan fingerprint density at radius 3 is 3.17 bits per heavy atom. The minimum Gasteiger partial charge on any atom is -0.496 e. The van der Waals surface area contributed by atoms with E-state index in [0.29, 0.717) is 19.4 Å². The van der Waals surface area contributed by atoms with Gasteiger partial charge in [0, 0.05) is 17.2 Å². The van der Waals surface area contributed by atoms with E-state index in [1.165, 1.54) is 18.4 Å². The van der Waals surface area contributed by atoms with Gasteiger partial charge in [-0.3, -0.25) is 0 Å². The van der Waals surface area contributed by atoms with Crippen LogP contribution in [-0.4, -0.2) is 26.5 Å². The van der Waals surface area contributed by atoms with Gasteiger partial charge in [0.25, 0.3) is 0 Å². The van der Waals surface area contributed by atoms with Crippen molar-refractivity contribution in [2.45, 2.75) is 31.9 Å². The van der Waals surface area contributed by atoms with E-state index in [2.05, 4.69) is 5.32 Å². The van der Waals surface area contributed by atoms with Gasteiger partial charge in [-0.05, 0) is 37.9 Å². The number of hydrogen-bond donors (Lipinski definition) is 1. The van der Waals surface area contributed by atoms with Crippen LogP contribution in [0.5, 0.6) is 11.5 Å². The van der Waals surface area contributed by atoms with Crippen LogP contribution < -0.4 is 14.8 Å². The minimum absolute atomic E-state index is 0.348. The number of nitrogens with one attached hydrogen (secondary N) is 1. The van der Waals surface area contributed by atoms with Crippen LogP contribution in [0.15, 0.2) is 12.1 Å². The van der Waals surface area contributed by atoms with Gasteiger partial charge in [0.15, 0.2) is 6.79 Å². The first-order valence-corrected chi connectivity index (χ1v) is 6.51. The normalized spacial score (nSPS) is 22.4. The molecule has 0 amide bonds. The number of benzene rings is 1. The summed E-state index contributed by atoms with van der Waals surface area (Å²) in [4.78, 5) is 0. The third kappa shape index (κ3) is 2.18. The lowest BCUT2D eigenvalue weighted by Crippen LogP contribution is -2.25. The van der Waals surface area contributed by atoms with E-state index in [-0.39, 0.29) is 0 Å². The zero-order valence-electron chi connectivity index (χ0n) is 10.7. The zero-order valence-corrected chi connectivity index (χ0v) is 10.7. The van der Waals surface area contributed by atoms with Crippen LogP contribution in [0.1, 0.15) is 24.0 Å². The maximum atomic E-state index is 5.53. The Balaban J connectivity index is 1.92. The molecule has 1 aromatic rings. The van der Waals surface area contributed by atoms with Crippen LogP contribution in [0.2, 0.25) is 0 Å². The van der Waals surface area contributed by atoms with Crippen LogP contribution >= 0.6 is 0 Å². The summed E-state index contributed by atoms with van der Waals surface area (Å²) in [6, 6.07) is 4.52. The fraction of sp³-hybridized carbons (Fsp3) is 0.571. The Morgan fingerprint density at radius 2 is 2.39 bits per heavy atom. The molecular weight excluding hydrogens is 230 g/mol. The molecule has 0 radical (unpaired) electrons. The molecule has 3 rings (SSSR count). The summed E-state index contributed by atoms with van der Waals surface area (Å²) >= 11 is 0. The molecule has 98 valence electrons. The first-order chi connectivity index (χ1) is 8.88. The minimum atomic E-state index is 0.348. The summed E-state index contributed by atoms with van der Waals surface area (Å²) in [7, 11) is 1.72. The molecule has 0 aromatic heterocycles. The van der Waals surface area contributed by atoms with Crippen molar-refractivity contribution in [3.05, 3.63) is 23.3 Å². The Morgan fingerprint density at radius 1 is 1.44 bits per heavy atom. The van der Waals surface area contributed by atoms with Gasteiger partial charge in [-0.25, -0.2) is 0 Å². The molecule has 1 fully saturated rings. The molecule has 0 spiro atoms. The van der Waals surface area contributed by atoms with Crippen LogP contribution in [0.4, 0.5) is 0 Å². The van der Waals surface area contributed by atoms with Crippen molar-refractivity contribution in [3.8, 4) is 11.5 Å². The quantitative estimate of drug-likeness (QED) is 0.887. The SMILES string of the molecule is COc1ccc2c(c1CC1CCCN1)COCO2. The molecule has 1 N–H and O–H groups in total. The summed E-state index contributed by atoms with van der Waals surface area (Å²) in [6.07, 6.45) is 3.47. The zero-order chi connectivity index (χ0) is 12.4. The number of hydrogen-bond acceptors (Lipinski definition) is 4. The fourth-order valence-corrected chi connectivity index (χ4v) is 2.78. The van der Waals surface area contributed by atoms with E-state index in [0.717, 1.165) is 30.0 Å². The average Bonchev–Trinajstić information content (AvgIpc) is 2.92. The van der Waals surface area contributed by atoms with E-state index < -0.39 is 0 Å². The highest BCUT2D eigenvalue weighted by molar-refractivity contribution is 5.49. The van der Waals surface area contributed by atoms with Gasteiger partial charge in [-0.15, -0.1) is 0 Å².